The normalized spacial score (nSPS) is 19.9. The molecule has 0 radical (unpaired) electrons. The van der Waals surface area contributed by atoms with Crippen molar-refractivity contribution in [2.75, 3.05) is 20.3 Å². The fraction of sp³-hybridized carbons (Fsp3) is 0.278. The van der Waals surface area contributed by atoms with Gasteiger partial charge in [-0.1, -0.05) is 29.8 Å². The molecular weight excluding hydrogens is 330 g/mol. The number of carbonyl (C=O) groups excluding carboxylic acids is 1. The van der Waals surface area contributed by atoms with E-state index in [-0.39, 0.29) is 12.0 Å². The van der Waals surface area contributed by atoms with Crippen molar-refractivity contribution < 1.29 is 19.0 Å². The van der Waals surface area contributed by atoms with E-state index in [1.807, 2.05) is 12.1 Å². The summed E-state index contributed by atoms with van der Waals surface area (Å²) >= 11 is 5.88. The summed E-state index contributed by atoms with van der Waals surface area (Å²) in [6.45, 7) is 0.795. The topological polar surface area (TPSA) is 56.8 Å². The maximum absolute atomic E-state index is 11.6. The Morgan fingerprint density at radius 1 is 1.29 bits per heavy atom. The molecule has 1 amide bonds. The number of nitrogens with one attached hydrogen (secondary N) is 1. The van der Waals surface area contributed by atoms with Crippen molar-refractivity contribution in [2.45, 2.75) is 12.4 Å². The average molecular weight is 348 g/mol. The maximum atomic E-state index is 11.6. The predicted molar refractivity (Wildman–Crippen MR) is 90.3 cm³/mol. The van der Waals surface area contributed by atoms with Crippen LogP contribution in [0.3, 0.4) is 0 Å². The first-order valence-corrected chi connectivity index (χ1v) is 8.01. The van der Waals surface area contributed by atoms with Gasteiger partial charge in [-0.05, 0) is 30.3 Å². The molecule has 2 aromatic carbocycles. The molecule has 1 fully saturated rings. The Hall–Kier alpha value is -2.08. The average Bonchev–Trinajstić information content (AvgIpc) is 3.09. The quantitative estimate of drug-likeness (QED) is 0.902. The van der Waals surface area contributed by atoms with Crippen molar-refractivity contribution in [3.05, 3.63) is 64.7 Å². The lowest BCUT2D eigenvalue weighted by Crippen LogP contribution is -2.20. The number of ether oxygens (including phenoxy) is 3. The van der Waals surface area contributed by atoms with Gasteiger partial charge in [-0.25, -0.2) is 0 Å². The number of rotatable bonds is 5. The molecule has 1 aliphatic heterocycles. The molecule has 1 saturated heterocycles. The predicted octanol–water partition coefficient (Wildman–Crippen LogP) is 3.19. The van der Waals surface area contributed by atoms with E-state index in [1.165, 1.54) is 0 Å². The molecule has 0 bridgehead atoms. The molecule has 0 aliphatic carbocycles. The molecular formula is C18H18ClNO4. The molecule has 3 rings (SSSR count). The highest BCUT2D eigenvalue weighted by molar-refractivity contribution is 6.30. The fourth-order valence-corrected chi connectivity index (χ4v) is 2.52. The molecule has 0 saturated carbocycles. The number of benzene rings is 2. The van der Waals surface area contributed by atoms with Crippen LogP contribution in [0.4, 0.5) is 0 Å². The zero-order chi connectivity index (χ0) is 16.9. The van der Waals surface area contributed by atoms with Crippen molar-refractivity contribution in [3.63, 3.8) is 0 Å². The van der Waals surface area contributed by atoms with Gasteiger partial charge >= 0.3 is 0 Å². The van der Waals surface area contributed by atoms with E-state index in [9.17, 15) is 4.79 Å². The second-order valence-electron chi connectivity index (χ2n) is 5.39. The van der Waals surface area contributed by atoms with Gasteiger partial charge in [0, 0.05) is 23.2 Å². The standard InChI is InChI=1S/C18H18ClNO4/c1-20-17(21)13-3-2-4-15(9-13)22-10-16-11-23-18(24-16)12-5-7-14(19)8-6-12/h2-9,16,18H,10-11H2,1H3,(H,20,21). The van der Waals surface area contributed by atoms with Crippen LogP contribution in [0.1, 0.15) is 22.2 Å². The van der Waals surface area contributed by atoms with E-state index >= 15 is 0 Å². The zero-order valence-electron chi connectivity index (χ0n) is 13.2. The van der Waals surface area contributed by atoms with Gasteiger partial charge in [0.15, 0.2) is 6.29 Å². The Kier molecular flexibility index (Phi) is 5.35. The number of halogens is 1. The summed E-state index contributed by atoms with van der Waals surface area (Å²) in [6, 6.07) is 14.4. The van der Waals surface area contributed by atoms with Gasteiger partial charge in [-0.3, -0.25) is 4.79 Å². The van der Waals surface area contributed by atoms with Crippen molar-refractivity contribution in [2.24, 2.45) is 0 Å². The molecule has 0 aromatic heterocycles. The number of carbonyl (C=O) groups is 1. The smallest absolute Gasteiger partial charge is 0.251 e. The Labute approximate surface area is 145 Å². The monoisotopic (exact) mass is 347 g/mol. The van der Waals surface area contributed by atoms with E-state index in [0.717, 1.165) is 5.56 Å². The summed E-state index contributed by atoms with van der Waals surface area (Å²) in [5, 5.41) is 3.26. The second kappa shape index (κ2) is 7.66. The molecule has 0 spiro atoms. The van der Waals surface area contributed by atoms with Crippen LogP contribution >= 0.6 is 11.6 Å². The highest BCUT2D eigenvalue weighted by Crippen LogP contribution is 2.28. The van der Waals surface area contributed by atoms with E-state index in [4.69, 9.17) is 25.8 Å². The van der Waals surface area contributed by atoms with Crippen molar-refractivity contribution in [3.8, 4) is 5.75 Å². The van der Waals surface area contributed by atoms with E-state index in [1.54, 1.807) is 43.4 Å². The molecule has 1 aliphatic rings. The zero-order valence-corrected chi connectivity index (χ0v) is 14.0. The first-order valence-electron chi connectivity index (χ1n) is 7.63. The lowest BCUT2D eigenvalue weighted by molar-refractivity contribution is -0.0659. The molecule has 1 heterocycles. The minimum Gasteiger partial charge on any atom is -0.491 e. The molecule has 126 valence electrons. The van der Waals surface area contributed by atoms with Gasteiger partial charge in [0.2, 0.25) is 0 Å². The fourth-order valence-electron chi connectivity index (χ4n) is 2.39. The van der Waals surface area contributed by atoms with Crippen molar-refractivity contribution in [1.29, 1.82) is 0 Å². The summed E-state index contributed by atoms with van der Waals surface area (Å²) in [5.74, 6) is 0.471. The molecule has 2 atom stereocenters. The van der Waals surface area contributed by atoms with E-state index < -0.39 is 6.29 Å². The Morgan fingerprint density at radius 2 is 2.08 bits per heavy atom. The van der Waals surface area contributed by atoms with Crippen molar-refractivity contribution >= 4 is 17.5 Å². The second-order valence-corrected chi connectivity index (χ2v) is 5.83. The molecule has 1 N–H and O–H groups in total. The van der Waals surface area contributed by atoms with E-state index in [2.05, 4.69) is 5.32 Å². The van der Waals surface area contributed by atoms with Gasteiger partial charge in [0.1, 0.15) is 18.5 Å². The van der Waals surface area contributed by atoms with Crippen molar-refractivity contribution in [1.82, 2.24) is 5.32 Å². The number of hydrogen-bond donors (Lipinski definition) is 1. The third-order valence-corrected chi connectivity index (χ3v) is 3.90. The van der Waals surface area contributed by atoms with Crippen LogP contribution in [0.2, 0.25) is 5.02 Å². The van der Waals surface area contributed by atoms with Gasteiger partial charge < -0.3 is 19.5 Å². The van der Waals surface area contributed by atoms with Gasteiger partial charge in [-0.2, -0.15) is 0 Å². The summed E-state index contributed by atoms with van der Waals surface area (Å²) in [7, 11) is 1.59. The lowest BCUT2D eigenvalue weighted by Gasteiger charge is -2.13. The first-order chi connectivity index (χ1) is 11.7. The summed E-state index contributed by atoms with van der Waals surface area (Å²) in [4.78, 5) is 11.6. The van der Waals surface area contributed by atoms with Gasteiger partial charge in [0.25, 0.3) is 5.91 Å². The van der Waals surface area contributed by atoms with Gasteiger partial charge in [-0.15, -0.1) is 0 Å². The van der Waals surface area contributed by atoms with Crippen LogP contribution in [0.15, 0.2) is 48.5 Å². The maximum Gasteiger partial charge on any atom is 0.251 e. The molecule has 6 heteroatoms. The Bertz CT molecular complexity index is 704. The summed E-state index contributed by atoms with van der Waals surface area (Å²) in [6.07, 6.45) is -0.581. The molecule has 2 aromatic rings. The highest BCUT2D eigenvalue weighted by atomic mass is 35.5. The van der Waals surface area contributed by atoms with Crippen LogP contribution in [0.5, 0.6) is 5.75 Å². The van der Waals surface area contributed by atoms with Crippen LogP contribution in [-0.4, -0.2) is 32.3 Å². The SMILES string of the molecule is CNC(=O)c1cccc(OCC2COC(c3ccc(Cl)cc3)O2)c1. The Balaban J connectivity index is 1.54. The van der Waals surface area contributed by atoms with Crippen LogP contribution in [0.25, 0.3) is 0 Å². The van der Waals surface area contributed by atoms with Crippen LogP contribution in [0, 0.1) is 0 Å². The minimum atomic E-state index is -0.409. The molecule has 5 nitrogen and oxygen atoms in total. The minimum absolute atomic E-state index is 0.149. The summed E-state index contributed by atoms with van der Waals surface area (Å²) < 4.78 is 17.2. The highest BCUT2D eigenvalue weighted by Gasteiger charge is 2.27. The largest absolute Gasteiger partial charge is 0.491 e. The summed E-state index contributed by atoms with van der Waals surface area (Å²) in [5.41, 5.74) is 1.47. The lowest BCUT2D eigenvalue weighted by atomic mass is 10.2. The third-order valence-electron chi connectivity index (χ3n) is 3.65. The molecule has 2 unspecified atom stereocenters. The van der Waals surface area contributed by atoms with E-state index in [0.29, 0.717) is 29.5 Å². The molecule has 24 heavy (non-hydrogen) atoms. The van der Waals surface area contributed by atoms with Crippen LogP contribution < -0.4 is 10.1 Å². The van der Waals surface area contributed by atoms with Gasteiger partial charge in [0.05, 0.1) is 6.61 Å². The first kappa shape index (κ1) is 16.8. The number of hydrogen-bond acceptors (Lipinski definition) is 4. The number of amides is 1. The van der Waals surface area contributed by atoms with Crippen LogP contribution in [-0.2, 0) is 9.47 Å². The third kappa shape index (κ3) is 4.06. The Morgan fingerprint density at radius 3 is 2.83 bits per heavy atom.